The summed E-state index contributed by atoms with van der Waals surface area (Å²) in [6.07, 6.45) is 7.52. The summed E-state index contributed by atoms with van der Waals surface area (Å²) in [7, 11) is 0. The van der Waals surface area contributed by atoms with E-state index >= 15 is 0 Å². The van der Waals surface area contributed by atoms with E-state index < -0.39 is 0 Å². The summed E-state index contributed by atoms with van der Waals surface area (Å²) in [6, 6.07) is 0. The molecular weight excluding hydrogens is 274 g/mol. The Balaban J connectivity index is 1.85. The molecule has 0 bridgehead atoms. The summed E-state index contributed by atoms with van der Waals surface area (Å²) in [5, 5.41) is 8.29. The molecule has 1 aliphatic rings. The summed E-state index contributed by atoms with van der Waals surface area (Å²) < 4.78 is 2.11. The van der Waals surface area contributed by atoms with E-state index in [9.17, 15) is 0 Å². The highest BCUT2D eigenvalue weighted by atomic mass is 35.5. The Bertz CT molecular complexity index is 586. The van der Waals surface area contributed by atoms with Crippen LogP contribution in [0.15, 0.2) is 18.6 Å². The van der Waals surface area contributed by atoms with Gasteiger partial charge in [0.05, 0.1) is 35.0 Å². The summed E-state index contributed by atoms with van der Waals surface area (Å²) in [6.45, 7) is 5.34. The molecule has 1 saturated carbocycles. The molecule has 0 saturated heterocycles. The molecule has 0 aliphatic heterocycles. The van der Waals surface area contributed by atoms with Crippen molar-refractivity contribution in [2.75, 3.05) is 5.32 Å². The molecule has 0 amide bonds. The zero-order valence-electron chi connectivity index (χ0n) is 11.7. The van der Waals surface area contributed by atoms with E-state index in [1.165, 1.54) is 18.5 Å². The van der Waals surface area contributed by atoms with Gasteiger partial charge in [0.2, 0.25) is 5.95 Å². The minimum Gasteiger partial charge on any atom is -0.321 e. The van der Waals surface area contributed by atoms with Crippen molar-refractivity contribution in [2.45, 2.75) is 39.2 Å². The minimum atomic E-state index is 0.536. The quantitative estimate of drug-likeness (QED) is 0.914. The molecular formula is C14H18ClN5. The van der Waals surface area contributed by atoms with Crippen LogP contribution in [0.3, 0.4) is 0 Å². The topological polar surface area (TPSA) is 55.6 Å². The Morgan fingerprint density at radius 3 is 2.60 bits per heavy atom. The maximum absolute atomic E-state index is 5.80. The van der Waals surface area contributed by atoms with Gasteiger partial charge in [-0.05, 0) is 18.8 Å². The first-order valence-electron chi connectivity index (χ1n) is 6.93. The van der Waals surface area contributed by atoms with E-state index in [1.54, 1.807) is 12.4 Å². The number of aromatic nitrogens is 4. The van der Waals surface area contributed by atoms with Crippen LogP contribution in [-0.4, -0.2) is 19.7 Å². The van der Waals surface area contributed by atoms with Crippen molar-refractivity contribution in [3.63, 3.8) is 0 Å². The molecule has 1 fully saturated rings. The van der Waals surface area contributed by atoms with Gasteiger partial charge in [0.25, 0.3) is 0 Å². The van der Waals surface area contributed by atoms with Crippen molar-refractivity contribution >= 4 is 23.2 Å². The molecule has 2 aromatic rings. The van der Waals surface area contributed by atoms with E-state index in [2.05, 4.69) is 38.9 Å². The summed E-state index contributed by atoms with van der Waals surface area (Å²) in [5.41, 5.74) is 2.28. The van der Waals surface area contributed by atoms with Gasteiger partial charge < -0.3 is 5.32 Å². The molecule has 3 rings (SSSR count). The van der Waals surface area contributed by atoms with Crippen molar-refractivity contribution < 1.29 is 0 Å². The fourth-order valence-electron chi connectivity index (χ4n) is 2.27. The third-order valence-electron chi connectivity index (χ3n) is 3.25. The third-order valence-corrected chi connectivity index (χ3v) is 3.44. The maximum atomic E-state index is 5.80. The number of halogens is 1. The van der Waals surface area contributed by atoms with E-state index in [0.717, 1.165) is 12.2 Å². The zero-order valence-corrected chi connectivity index (χ0v) is 12.4. The second-order valence-electron chi connectivity index (χ2n) is 5.64. The lowest BCUT2D eigenvalue weighted by Crippen LogP contribution is -2.10. The van der Waals surface area contributed by atoms with E-state index in [0.29, 0.717) is 22.8 Å². The van der Waals surface area contributed by atoms with Crippen LogP contribution in [0.1, 0.15) is 38.3 Å². The maximum Gasteiger partial charge on any atom is 0.227 e. The van der Waals surface area contributed by atoms with E-state index in [-0.39, 0.29) is 0 Å². The standard InChI is InChI=1S/C14H18ClN5/c1-9(2)8-20-13(10-3-4-10)12(7-18-20)19-14-16-5-11(15)6-17-14/h5-7,9-10H,3-4,8H2,1-2H3,(H,16,17,19). The van der Waals surface area contributed by atoms with Crippen LogP contribution >= 0.6 is 11.6 Å². The lowest BCUT2D eigenvalue weighted by molar-refractivity contribution is 0.469. The van der Waals surface area contributed by atoms with Gasteiger partial charge in [-0.1, -0.05) is 25.4 Å². The largest absolute Gasteiger partial charge is 0.321 e. The normalized spacial score (nSPS) is 14.8. The van der Waals surface area contributed by atoms with Crippen molar-refractivity contribution in [1.82, 2.24) is 19.7 Å². The van der Waals surface area contributed by atoms with Crippen molar-refractivity contribution in [2.24, 2.45) is 5.92 Å². The van der Waals surface area contributed by atoms with Crippen molar-refractivity contribution in [3.05, 3.63) is 29.3 Å². The first-order valence-corrected chi connectivity index (χ1v) is 7.31. The van der Waals surface area contributed by atoms with Crippen molar-refractivity contribution in [1.29, 1.82) is 0 Å². The predicted molar refractivity (Wildman–Crippen MR) is 79.4 cm³/mol. The SMILES string of the molecule is CC(C)Cn1ncc(Nc2ncc(Cl)cn2)c1C1CC1. The van der Waals surface area contributed by atoms with E-state index in [4.69, 9.17) is 11.6 Å². The Morgan fingerprint density at radius 1 is 1.30 bits per heavy atom. The second-order valence-corrected chi connectivity index (χ2v) is 6.08. The van der Waals surface area contributed by atoms with Crippen LogP contribution in [0.5, 0.6) is 0 Å². The van der Waals surface area contributed by atoms with Crippen LogP contribution in [0, 0.1) is 5.92 Å². The molecule has 1 aliphatic carbocycles. The number of nitrogens with one attached hydrogen (secondary N) is 1. The Kier molecular flexibility index (Phi) is 3.61. The fraction of sp³-hybridized carbons (Fsp3) is 0.500. The number of nitrogens with zero attached hydrogens (tertiary/aromatic N) is 4. The monoisotopic (exact) mass is 291 g/mol. The van der Waals surface area contributed by atoms with Gasteiger partial charge >= 0.3 is 0 Å². The highest BCUT2D eigenvalue weighted by Gasteiger charge is 2.30. The van der Waals surface area contributed by atoms with Crippen LogP contribution in [0.2, 0.25) is 5.02 Å². The molecule has 0 unspecified atom stereocenters. The zero-order chi connectivity index (χ0) is 14.1. The molecule has 0 atom stereocenters. The summed E-state index contributed by atoms with van der Waals surface area (Å²) in [5.74, 6) is 1.75. The minimum absolute atomic E-state index is 0.536. The Hall–Kier alpha value is -1.62. The lowest BCUT2D eigenvalue weighted by atomic mass is 10.2. The molecule has 20 heavy (non-hydrogen) atoms. The van der Waals surface area contributed by atoms with Crippen LogP contribution in [-0.2, 0) is 6.54 Å². The molecule has 106 valence electrons. The number of rotatable bonds is 5. The van der Waals surface area contributed by atoms with Gasteiger partial charge in [0.15, 0.2) is 0 Å². The average Bonchev–Trinajstić information content (AvgIpc) is 3.16. The number of hydrogen-bond donors (Lipinski definition) is 1. The molecule has 0 spiro atoms. The predicted octanol–water partition coefficient (Wildman–Crippen LogP) is 3.60. The van der Waals surface area contributed by atoms with Crippen molar-refractivity contribution in [3.8, 4) is 0 Å². The lowest BCUT2D eigenvalue weighted by Gasteiger charge is -2.11. The van der Waals surface area contributed by atoms with Gasteiger partial charge in [0, 0.05) is 12.5 Å². The number of anilines is 2. The molecule has 0 aromatic carbocycles. The highest BCUT2D eigenvalue weighted by molar-refractivity contribution is 6.30. The van der Waals surface area contributed by atoms with Gasteiger partial charge in [0.1, 0.15) is 0 Å². The molecule has 1 N–H and O–H groups in total. The summed E-state index contributed by atoms with van der Waals surface area (Å²) >= 11 is 5.80. The first kappa shape index (κ1) is 13.4. The highest BCUT2D eigenvalue weighted by Crippen LogP contribution is 2.44. The fourth-order valence-corrected chi connectivity index (χ4v) is 2.36. The molecule has 0 radical (unpaired) electrons. The molecule has 5 nitrogen and oxygen atoms in total. The average molecular weight is 292 g/mol. The van der Waals surface area contributed by atoms with Crippen LogP contribution < -0.4 is 5.32 Å². The molecule has 2 heterocycles. The van der Waals surface area contributed by atoms with Gasteiger partial charge in [-0.3, -0.25) is 4.68 Å². The third kappa shape index (κ3) is 2.93. The van der Waals surface area contributed by atoms with Crippen LogP contribution in [0.4, 0.5) is 11.6 Å². The second kappa shape index (κ2) is 5.40. The Labute approximate surface area is 123 Å². The van der Waals surface area contributed by atoms with Gasteiger partial charge in [-0.15, -0.1) is 0 Å². The molecule has 2 aromatic heterocycles. The van der Waals surface area contributed by atoms with E-state index in [1.807, 2.05) is 6.20 Å². The molecule has 6 heteroatoms. The smallest absolute Gasteiger partial charge is 0.227 e. The first-order chi connectivity index (χ1) is 9.63. The van der Waals surface area contributed by atoms with Gasteiger partial charge in [-0.25, -0.2) is 9.97 Å². The van der Waals surface area contributed by atoms with Gasteiger partial charge in [-0.2, -0.15) is 5.10 Å². The Morgan fingerprint density at radius 2 is 2.00 bits per heavy atom. The number of hydrogen-bond acceptors (Lipinski definition) is 4. The van der Waals surface area contributed by atoms with Crippen LogP contribution in [0.25, 0.3) is 0 Å². The summed E-state index contributed by atoms with van der Waals surface area (Å²) in [4.78, 5) is 8.35.